The molecule has 1 heterocycles. The molecule has 1 aliphatic heterocycles. The topological polar surface area (TPSA) is 100 Å². The fourth-order valence-corrected chi connectivity index (χ4v) is 3.26. The first-order valence-electron chi connectivity index (χ1n) is 10.4. The first kappa shape index (κ1) is 22.1. The van der Waals surface area contributed by atoms with Crippen LogP contribution in [-0.2, 0) is 4.79 Å². The van der Waals surface area contributed by atoms with E-state index in [2.05, 4.69) is 10.5 Å². The van der Waals surface area contributed by atoms with Crippen LogP contribution in [0.4, 0.5) is 0 Å². The zero-order chi connectivity index (χ0) is 22.1. The summed E-state index contributed by atoms with van der Waals surface area (Å²) in [5.74, 6) is 0.303. The molecule has 2 aromatic rings. The molecule has 3 rings (SSSR count). The molecule has 0 bridgehead atoms. The van der Waals surface area contributed by atoms with Gasteiger partial charge in [0.1, 0.15) is 5.75 Å². The zero-order valence-electron chi connectivity index (χ0n) is 17.5. The van der Waals surface area contributed by atoms with E-state index >= 15 is 0 Å². The maximum atomic E-state index is 12.3. The van der Waals surface area contributed by atoms with Gasteiger partial charge < -0.3 is 19.5 Å². The number of rotatable bonds is 8. The molecule has 2 N–H and O–H groups in total. The molecular formula is C23H27N3O5. The molecule has 31 heavy (non-hydrogen) atoms. The van der Waals surface area contributed by atoms with E-state index < -0.39 is 5.91 Å². The van der Waals surface area contributed by atoms with Crippen molar-refractivity contribution in [1.29, 1.82) is 0 Å². The van der Waals surface area contributed by atoms with Crippen LogP contribution in [0.2, 0.25) is 0 Å². The van der Waals surface area contributed by atoms with Crippen molar-refractivity contribution in [2.24, 2.45) is 5.10 Å². The van der Waals surface area contributed by atoms with Crippen molar-refractivity contribution in [3.8, 4) is 17.2 Å². The number of piperidine rings is 1. The smallest absolute Gasteiger partial charge is 0.275 e. The number of phenols is 1. The van der Waals surface area contributed by atoms with Crippen LogP contribution in [0, 0.1) is 0 Å². The van der Waals surface area contributed by atoms with Crippen LogP contribution in [0.15, 0.2) is 47.6 Å². The van der Waals surface area contributed by atoms with E-state index in [9.17, 15) is 14.7 Å². The van der Waals surface area contributed by atoms with Crippen molar-refractivity contribution in [3.63, 3.8) is 0 Å². The van der Waals surface area contributed by atoms with Gasteiger partial charge in [0.2, 0.25) is 0 Å². The number of phenolic OH excluding ortho intramolecular Hbond substituents is 1. The fourth-order valence-electron chi connectivity index (χ4n) is 3.26. The number of nitrogens with zero attached hydrogens (tertiary/aromatic N) is 2. The average molecular weight is 425 g/mol. The van der Waals surface area contributed by atoms with Gasteiger partial charge in [-0.3, -0.25) is 9.59 Å². The number of carbonyl (C=O) groups excluding carboxylic acids is 2. The SMILES string of the molecule is CCOc1cc(/C=N\NC(=O)c2ccccc2O)ccc1OCC(=O)N1CCCCC1. The van der Waals surface area contributed by atoms with Gasteiger partial charge >= 0.3 is 0 Å². The number of aromatic hydroxyl groups is 1. The van der Waals surface area contributed by atoms with Gasteiger partial charge in [-0.1, -0.05) is 12.1 Å². The van der Waals surface area contributed by atoms with E-state index in [1.807, 2.05) is 11.8 Å². The zero-order valence-corrected chi connectivity index (χ0v) is 17.5. The highest BCUT2D eigenvalue weighted by atomic mass is 16.5. The van der Waals surface area contributed by atoms with E-state index in [0.717, 1.165) is 32.4 Å². The summed E-state index contributed by atoms with van der Waals surface area (Å²) in [5, 5.41) is 13.7. The normalized spacial score (nSPS) is 13.8. The molecule has 0 saturated carbocycles. The largest absolute Gasteiger partial charge is 0.507 e. The summed E-state index contributed by atoms with van der Waals surface area (Å²) < 4.78 is 11.4. The summed E-state index contributed by atoms with van der Waals surface area (Å²) in [6.07, 6.45) is 4.69. The maximum absolute atomic E-state index is 12.3. The molecule has 1 fully saturated rings. The molecule has 164 valence electrons. The molecule has 2 aromatic carbocycles. The second kappa shape index (κ2) is 11.0. The molecule has 0 aromatic heterocycles. The number of para-hydroxylation sites is 1. The van der Waals surface area contributed by atoms with Crippen molar-refractivity contribution >= 4 is 18.0 Å². The minimum Gasteiger partial charge on any atom is -0.507 e. The van der Waals surface area contributed by atoms with Crippen molar-refractivity contribution in [1.82, 2.24) is 10.3 Å². The molecule has 2 amide bonds. The van der Waals surface area contributed by atoms with Gasteiger partial charge in [0.05, 0.1) is 18.4 Å². The summed E-state index contributed by atoms with van der Waals surface area (Å²) in [4.78, 5) is 26.3. The lowest BCUT2D eigenvalue weighted by Crippen LogP contribution is -2.38. The predicted octanol–water partition coefficient (Wildman–Crippen LogP) is 2.95. The first-order chi connectivity index (χ1) is 15.1. The summed E-state index contributed by atoms with van der Waals surface area (Å²) in [6, 6.07) is 11.4. The number of carbonyl (C=O) groups is 2. The Morgan fingerprint density at radius 2 is 1.87 bits per heavy atom. The Bertz CT molecular complexity index is 939. The lowest BCUT2D eigenvalue weighted by molar-refractivity contribution is -0.134. The molecule has 0 spiro atoms. The van der Waals surface area contributed by atoms with Crippen LogP contribution >= 0.6 is 0 Å². The van der Waals surface area contributed by atoms with E-state index in [1.54, 1.807) is 30.3 Å². The Morgan fingerprint density at radius 1 is 1.10 bits per heavy atom. The first-order valence-corrected chi connectivity index (χ1v) is 10.4. The number of hydrazone groups is 1. The molecule has 0 aliphatic carbocycles. The fraction of sp³-hybridized carbons (Fsp3) is 0.348. The van der Waals surface area contributed by atoms with Crippen LogP contribution < -0.4 is 14.9 Å². The third kappa shape index (κ3) is 6.21. The number of amides is 2. The van der Waals surface area contributed by atoms with Crippen LogP contribution in [-0.4, -0.2) is 54.3 Å². The summed E-state index contributed by atoms with van der Waals surface area (Å²) >= 11 is 0. The molecular weight excluding hydrogens is 398 g/mol. The Labute approximate surface area is 181 Å². The van der Waals surface area contributed by atoms with Gasteiger partial charge in [0.15, 0.2) is 18.1 Å². The number of benzene rings is 2. The molecule has 0 radical (unpaired) electrons. The Morgan fingerprint density at radius 3 is 2.61 bits per heavy atom. The van der Waals surface area contributed by atoms with Crippen molar-refractivity contribution in [2.75, 3.05) is 26.3 Å². The molecule has 1 saturated heterocycles. The van der Waals surface area contributed by atoms with Gasteiger partial charge in [-0.25, -0.2) is 5.43 Å². The van der Waals surface area contributed by atoms with Crippen molar-refractivity contribution in [3.05, 3.63) is 53.6 Å². The van der Waals surface area contributed by atoms with E-state index in [1.165, 1.54) is 18.3 Å². The minimum absolute atomic E-state index is 0.0281. The Hall–Kier alpha value is -3.55. The number of nitrogens with one attached hydrogen (secondary N) is 1. The Balaban J connectivity index is 1.61. The lowest BCUT2D eigenvalue weighted by Gasteiger charge is -2.26. The van der Waals surface area contributed by atoms with Crippen LogP contribution in [0.3, 0.4) is 0 Å². The predicted molar refractivity (Wildman–Crippen MR) is 117 cm³/mol. The molecule has 8 heteroatoms. The number of ether oxygens (including phenoxy) is 2. The third-order valence-corrected chi connectivity index (χ3v) is 4.86. The molecule has 8 nitrogen and oxygen atoms in total. The van der Waals surface area contributed by atoms with Crippen LogP contribution in [0.5, 0.6) is 17.2 Å². The summed E-state index contributed by atoms with van der Waals surface area (Å²) in [6.45, 7) is 3.81. The van der Waals surface area contributed by atoms with Gasteiger partial charge in [0.25, 0.3) is 11.8 Å². The highest BCUT2D eigenvalue weighted by Crippen LogP contribution is 2.28. The van der Waals surface area contributed by atoms with Crippen molar-refractivity contribution < 1.29 is 24.2 Å². The highest BCUT2D eigenvalue weighted by molar-refractivity contribution is 5.97. The van der Waals surface area contributed by atoms with E-state index in [4.69, 9.17) is 9.47 Å². The third-order valence-electron chi connectivity index (χ3n) is 4.86. The second-order valence-electron chi connectivity index (χ2n) is 7.09. The van der Waals surface area contributed by atoms with Crippen molar-refractivity contribution in [2.45, 2.75) is 26.2 Å². The standard InChI is InChI=1S/C23H27N3O5/c1-2-30-21-14-17(15-24-25-23(29)18-8-4-5-9-19(18)27)10-11-20(21)31-16-22(28)26-12-6-3-7-13-26/h4-5,8-11,14-15,27H,2-3,6-7,12-13,16H2,1H3,(H,25,29)/b24-15-. The highest BCUT2D eigenvalue weighted by Gasteiger charge is 2.17. The monoisotopic (exact) mass is 425 g/mol. The quantitative estimate of drug-likeness (QED) is 0.500. The van der Waals surface area contributed by atoms with Gasteiger partial charge in [-0.05, 0) is 62.1 Å². The molecule has 0 unspecified atom stereocenters. The number of hydrogen-bond acceptors (Lipinski definition) is 6. The second-order valence-corrected chi connectivity index (χ2v) is 7.09. The van der Waals surface area contributed by atoms with E-state index in [0.29, 0.717) is 23.7 Å². The number of likely N-dealkylation sites (tertiary alicyclic amines) is 1. The lowest BCUT2D eigenvalue weighted by atomic mass is 10.1. The maximum Gasteiger partial charge on any atom is 0.275 e. The average Bonchev–Trinajstić information content (AvgIpc) is 2.79. The number of hydrogen-bond donors (Lipinski definition) is 2. The van der Waals surface area contributed by atoms with Gasteiger partial charge in [-0.2, -0.15) is 5.10 Å². The summed E-state index contributed by atoms with van der Waals surface area (Å²) in [7, 11) is 0. The molecule has 1 aliphatic rings. The Kier molecular flexibility index (Phi) is 7.86. The molecule has 0 atom stereocenters. The summed E-state index contributed by atoms with van der Waals surface area (Å²) in [5.41, 5.74) is 3.19. The van der Waals surface area contributed by atoms with E-state index in [-0.39, 0.29) is 23.8 Å². The van der Waals surface area contributed by atoms with Crippen LogP contribution in [0.1, 0.15) is 42.1 Å². The van der Waals surface area contributed by atoms with Gasteiger partial charge in [0, 0.05) is 13.1 Å². The van der Waals surface area contributed by atoms with Gasteiger partial charge in [-0.15, -0.1) is 0 Å². The minimum atomic E-state index is -0.518. The van der Waals surface area contributed by atoms with Crippen LogP contribution in [0.25, 0.3) is 0 Å².